The van der Waals surface area contributed by atoms with E-state index in [4.69, 9.17) is 0 Å². The van der Waals surface area contributed by atoms with Crippen LogP contribution in [0.1, 0.15) is 32.8 Å². The molecule has 0 aliphatic heterocycles. The number of rotatable bonds is 5. The van der Waals surface area contributed by atoms with Gasteiger partial charge in [-0.15, -0.1) is 0 Å². The maximum Gasteiger partial charge on any atom is 0.221 e. The Morgan fingerprint density at radius 2 is 1.82 bits per heavy atom. The molecule has 0 bridgehead atoms. The third kappa shape index (κ3) is 6.74. The smallest absolute Gasteiger partial charge is 0.221 e. The molecule has 2 N–H and O–H groups in total. The van der Waals surface area contributed by atoms with E-state index in [0.29, 0.717) is 13.0 Å². The number of carbonyl (C=O) groups is 1. The van der Waals surface area contributed by atoms with Gasteiger partial charge in [0.1, 0.15) is 0 Å². The molecular weight excluding hydrogens is 212 g/mol. The Morgan fingerprint density at radius 1 is 1.18 bits per heavy atom. The van der Waals surface area contributed by atoms with E-state index >= 15 is 0 Å². The Balaban J connectivity index is 2.14. The summed E-state index contributed by atoms with van der Waals surface area (Å²) < 4.78 is 0. The Morgan fingerprint density at radius 3 is 2.41 bits per heavy atom. The van der Waals surface area contributed by atoms with E-state index in [-0.39, 0.29) is 11.4 Å². The number of benzene rings is 1. The fraction of sp³-hybridized carbons (Fsp3) is 0.500. The SMILES string of the molecule is CC(C)(C)NC(=O)CCNCc1ccccc1. The standard InChI is InChI=1S/C14H22N2O/c1-14(2,3)16-13(17)9-10-15-11-12-7-5-4-6-8-12/h4-8,15H,9-11H2,1-3H3,(H,16,17). The average Bonchev–Trinajstić information content (AvgIpc) is 2.23. The number of hydrogen-bond acceptors (Lipinski definition) is 2. The van der Waals surface area contributed by atoms with Crippen molar-refractivity contribution >= 4 is 5.91 Å². The van der Waals surface area contributed by atoms with Crippen LogP contribution in [0.4, 0.5) is 0 Å². The largest absolute Gasteiger partial charge is 0.351 e. The Labute approximate surface area is 104 Å². The van der Waals surface area contributed by atoms with E-state index in [2.05, 4.69) is 22.8 Å². The Kier molecular flexibility index (Phi) is 5.16. The van der Waals surface area contributed by atoms with E-state index in [1.807, 2.05) is 39.0 Å². The first kappa shape index (κ1) is 13.7. The minimum atomic E-state index is -0.142. The second-order valence-corrected chi connectivity index (χ2v) is 5.21. The molecule has 0 spiro atoms. The van der Waals surface area contributed by atoms with Crippen molar-refractivity contribution in [3.8, 4) is 0 Å². The summed E-state index contributed by atoms with van der Waals surface area (Å²) in [6, 6.07) is 10.2. The van der Waals surface area contributed by atoms with Gasteiger partial charge in [0.2, 0.25) is 5.91 Å². The number of amides is 1. The summed E-state index contributed by atoms with van der Waals surface area (Å²) >= 11 is 0. The lowest BCUT2D eigenvalue weighted by Gasteiger charge is -2.20. The van der Waals surface area contributed by atoms with Crippen molar-refractivity contribution in [2.75, 3.05) is 6.54 Å². The molecule has 3 heteroatoms. The molecule has 94 valence electrons. The van der Waals surface area contributed by atoms with Crippen molar-refractivity contribution in [1.82, 2.24) is 10.6 Å². The molecule has 3 nitrogen and oxygen atoms in total. The maximum absolute atomic E-state index is 11.5. The van der Waals surface area contributed by atoms with Gasteiger partial charge in [0.05, 0.1) is 0 Å². The van der Waals surface area contributed by atoms with Gasteiger partial charge in [-0.2, -0.15) is 0 Å². The van der Waals surface area contributed by atoms with Gasteiger partial charge < -0.3 is 10.6 Å². The van der Waals surface area contributed by atoms with Crippen LogP contribution >= 0.6 is 0 Å². The number of hydrogen-bond donors (Lipinski definition) is 2. The highest BCUT2D eigenvalue weighted by molar-refractivity contribution is 5.76. The second kappa shape index (κ2) is 6.40. The zero-order chi connectivity index (χ0) is 12.7. The third-order valence-corrected chi connectivity index (χ3v) is 2.22. The molecule has 0 atom stereocenters. The van der Waals surface area contributed by atoms with Gasteiger partial charge in [0.15, 0.2) is 0 Å². The van der Waals surface area contributed by atoms with Gasteiger partial charge in [-0.25, -0.2) is 0 Å². The summed E-state index contributed by atoms with van der Waals surface area (Å²) in [6.07, 6.45) is 0.518. The van der Waals surface area contributed by atoms with Crippen LogP contribution in [0.2, 0.25) is 0 Å². The lowest BCUT2D eigenvalue weighted by molar-refractivity contribution is -0.122. The zero-order valence-corrected chi connectivity index (χ0v) is 10.9. The molecular formula is C14H22N2O. The molecule has 0 aliphatic rings. The normalized spacial score (nSPS) is 11.2. The Bertz CT molecular complexity index is 341. The van der Waals surface area contributed by atoms with Gasteiger partial charge >= 0.3 is 0 Å². The highest BCUT2D eigenvalue weighted by Gasteiger charge is 2.12. The predicted octanol–water partition coefficient (Wildman–Crippen LogP) is 2.08. The summed E-state index contributed by atoms with van der Waals surface area (Å²) in [4.78, 5) is 11.5. The van der Waals surface area contributed by atoms with Crippen LogP contribution in [0.3, 0.4) is 0 Å². The summed E-state index contributed by atoms with van der Waals surface area (Å²) in [6.45, 7) is 7.48. The number of nitrogens with one attached hydrogen (secondary N) is 2. The first-order valence-corrected chi connectivity index (χ1v) is 6.03. The molecule has 1 amide bonds. The van der Waals surface area contributed by atoms with Crippen LogP contribution < -0.4 is 10.6 Å². The average molecular weight is 234 g/mol. The molecule has 0 radical (unpaired) electrons. The van der Waals surface area contributed by atoms with Crippen LogP contribution in [0, 0.1) is 0 Å². The van der Waals surface area contributed by atoms with E-state index in [1.165, 1.54) is 5.56 Å². The topological polar surface area (TPSA) is 41.1 Å². The van der Waals surface area contributed by atoms with E-state index in [1.54, 1.807) is 0 Å². The highest BCUT2D eigenvalue weighted by Crippen LogP contribution is 1.99. The lowest BCUT2D eigenvalue weighted by Crippen LogP contribution is -2.41. The van der Waals surface area contributed by atoms with Gasteiger partial charge in [-0.3, -0.25) is 4.79 Å². The molecule has 0 aromatic heterocycles. The van der Waals surface area contributed by atoms with Gasteiger partial charge in [-0.05, 0) is 26.3 Å². The van der Waals surface area contributed by atoms with Crippen molar-refractivity contribution in [2.24, 2.45) is 0 Å². The predicted molar refractivity (Wildman–Crippen MR) is 70.7 cm³/mol. The van der Waals surface area contributed by atoms with Crippen LogP contribution in [0.15, 0.2) is 30.3 Å². The quantitative estimate of drug-likeness (QED) is 0.766. The minimum Gasteiger partial charge on any atom is -0.351 e. The van der Waals surface area contributed by atoms with Crippen molar-refractivity contribution in [3.63, 3.8) is 0 Å². The van der Waals surface area contributed by atoms with Gasteiger partial charge in [-0.1, -0.05) is 30.3 Å². The number of carbonyl (C=O) groups excluding carboxylic acids is 1. The lowest BCUT2D eigenvalue weighted by atomic mass is 10.1. The zero-order valence-electron chi connectivity index (χ0n) is 10.9. The second-order valence-electron chi connectivity index (χ2n) is 5.21. The molecule has 0 saturated carbocycles. The van der Waals surface area contributed by atoms with Crippen molar-refractivity contribution in [3.05, 3.63) is 35.9 Å². The molecule has 0 aliphatic carbocycles. The van der Waals surface area contributed by atoms with E-state index in [9.17, 15) is 4.79 Å². The molecule has 1 rings (SSSR count). The van der Waals surface area contributed by atoms with Gasteiger partial charge in [0.25, 0.3) is 0 Å². The van der Waals surface area contributed by atoms with Crippen molar-refractivity contribution < 1.29 is 4.79 Å². The first-order chi connectivity index (χ1) is 7.97. The van der Waals surface area contributed by atoms with Crippen molar-refractivity contribution in [2.45, 2.75) is 39.3 Å². The van der Waals surface area contributed by atoms with E-state index in [0.717, 1.165) is 6.54 Å². The minimum absolute atomic E-state index is 0.0954. The molecule has 17 heavy (non-hydrogen) atoms. The van der Waals surface area contributed by atoms with Crippen LogP contribution in [0.25, 0.3) is 0 Å². The summed E-state index contributed by atoms with van der Waals surface area (Å²) in [5.41, 5.74) is 1.10. The van der Waals surface area contributed by atoms with Gasteiger partial charge in [0, 0.05) is 25.0 Å². The molecule has 0 heterocycles. The molecule has 0 fully saturated rings. The third-order valence-electron chi connectivity index (χ3n) is 2.22. The monoisotopic (exact) mass is 234 g/mol. The van der Waals surface area contributed by atoms with Crippen molar-refractivity contribution in [1.29, 1.82) is 0 Å². The fourth-order valence-electron chi connectivity index (χ4n) is 1.51. The molecule has 1 aromatic carbocycles. The first-order valence-electron chi connectivity index (χ1n) is 6.03. The Hall–Kier alpha value is -1.35. The summed E-state index contributed by atoms with van der Waals surface area (Å²) in [5, 5.41) is 6.20. The van der Waals surface area contributed by atoms with Crippen LogP contribution in [0.5, 0.6) is 0 Å². The van der Waals surface area contributed by atoms with Crippen LogP contribution in [-0.2, 0) is 11.3 Å². The van der Waals surface area contributed by atoms with Crippen LogP contribution in [-0.4, -0.2) is 18.0 Å². The molecule has 0 unspecified atom stereocenters. The highest BCUT2D eigenvalue weighted by atomic mass is 16.1. The molecule has 1 aromatic rings. The summed E-state index contributed by atoms with van der Waals surface area (Å²) in [7, 11) is 0. The maximum atomic E-state index is 11.5. The van der Waals surface area contributed by atoms with E-state index < -0.39 is 0 Å². The molecule has 0 saturated heterocycles. The fourth-order valence-corrected chi connectivity index (χ4v) is 1.51. The summed E-state index contributed by atoms with van der Waals surface area (Å²) in [5.74, 6) is 0.0954.